The lowest BCUT2D eigenvalue weighted by Gasteiger charge is -2.28. The molecule has 0 saturated heterocycles. The standard InChI is InChI=1S/C23H28N4O2S2/c28-21-20-17-10-4-5-11-18(17)31-22(20)26-19(25-21)14-27(13-16-9-6-12-30-16)23(29)24-15-7-2-1-3-8-15/h6,9,12,15H,1-5,7-8,10-11,13-14H2,(H,24,29)(H,25,26,28). The van der Waals surface area contributed by atoms with Gasteiger partial charge in [0.25, 0.3) is 5.56 Å². The van der Waals surface area contributed by atoms with Gasteiger partial charge in [-0.3, -0.25) is 4.79 Å². The van der Waals surface area contributed by atoms with Gasteiger partial charge in [-0.2, -0.15) is 0 Å². The first-order chi connectivity index (χ1) is 15.2. The number of nitrogens with one attached hydrogen (secondary N) is 2. The van der Waals surface area contributed by atoms with Crippen molar-refractivity contribution in [2.45, 2.75) is 76.9 Å². The van der Waals surface area contributed by atoms with Crippen LogP contribution in [0.2, 0.25) is 0 Å². The molecule has 31 heavy (non-hydrogen) atoms. The van der Waals surface area contributed by atoms with E-state index in [1.807, 2.05) is 17.5 Å². The van der Waals surface area contributed by atoms with Gasteiger partial charge >= 0.3 is 6.03 Å². The fraction of sp³-hybridized carbons (Fsp3) is 0.522. The second-order valence-electron chi connectivity index (χ2n) is 8.62. The molecule has 2 aliphatic rings. The number of nitrogens with zero attached hydrogens (tertiary/aromatic N) is 2. The molecular formula is C23H28N4O2S2. The first-order valence-corrected chi connectivity index (χ1v) is 13.0. The van der Waals surface area contributed by atoms with Gasteiger partial charge in [0.2, 0.25) is 0 Å². The zero-order chi connectivity index (χ0) is 21.2. The average molecular weight is 457 g/mol. The van der Waals surface area contributed by atoms with Gasteiger partial charge in [0.1, 0.15) is 10.7 Å². The number of aryl methyl sites for hydroxylation is 2. The predicted molar refractivity (Wildman–Crippen MR) is 126 cm³/mol. The Labute approximate surface area is 189 Å². The number of thiophene rings is 2. The largest absolute Gasteiger partial charge is 0.335 e. The minimum Gasteiger partial charge on any atom is -0.335 e. The minimum absolute atomic E-state index is 0.0665. The molecule has 3 aromatic heterocycles. The first kappa shape index (κ1) is 20.7. The number of fused-ring (bicyclic) bond motifs is 3. The highest BCUT2D eigenvalue weighted by Gasteiger charge is 2.23. The second kappa shape index (κ2) is 9.12. The van der Waals surface area contributed by atoms with E-state index in [0.717, 1.165) is 47.2 Å². The first-order valence-electron chi connectivity index (χ1n) is 11.3. The molecule has 0 aliphatic heterocycles. The lowest BCUT2D eigenvalue weighted by atomic mass is 9.96. The molecule has 0 radical (unpaired) electrons. The summed E-state index contributed by atoms with van der Waals surface area (Å²) in [6.45, 7) is 0.809. The zero-order valence-electron chi connectivity index (χ0n) is 17.6. The molecule has 2 amide bonds. The van der Waals surface area contributed by atoms with E-state index < -0.39 is 0 Å². The Morgan fingerprint density at radius 2 is 2.00 bits per heavy atom. The number of urea groups is 1. The van der Waals surface area contributed by atoms with Crippen LogP contribution in [0.4, 0.5) is 4.79 Å². The summed E-state index contributed by atoms with van der Waals surface area (Å²) in [7, 11) is 0. The Morgan fingerprint density at radius 1 is 1.16 bits per heavy atom. The van der Waals surface area contributed by atoms with Crippen LogP contribution in [0, 0.1) is 0 Å². The summed E-state index contributed by atoms with van der Waals surface area (Å²) >= 11 is 3.29. The summed E-state index contributed by atoms with van der Waals surface area (Å²) in [6.07, 6.45) is 10.0. The monoisotopic (exact) mass is 456 g/mol. The fourth-order valence-electron chi connectivity index (χ4n) is 4.77. The minimum atomic E-state index is -0.0754. The molecule has 1 saturated carbocycles. The quantitative estimate of drug-likeness (QED) is 0.569. The number of amides is 2. The second-order valence-corrected chi connectivity index (χ2v) is 10.7. The van der Waals surface area contributed by atoms with E-state index in [9.17, 15) is 9.59 Å². The van der Waals surface area contributed by atoms with Gasteiger partial charge < -0.3 is 15.2 Å². The Bertz CT molecular complexity index is 1110. The van der Waals surface area contributed by atoms with Gasteiger partial charge in [0, 0.05) is 15.8 Å². The Hall–Kier alpha value is -2.19. The van der Waals surface area contributed by atoms with Crippen molar-refractivity contribution >= 4 is 38.9 Å². The van der Waals surface area contributed by atoms with Crippen LogP contribution in [0.25, 0.3) is 10.2 Å². The van der Waals surface area contributed by atoms with Crippen LogP contribution in [-0.4, -0.2) is 26.9 Å². The van der Waals surface area contributed by atoms with Crippen LogP contribution in [0.3, 0.4) is 0 Å². The number of aromatic amines is 1. The Morgan fingerprint density at radius 3 is 2.81 bits per heavy atom. The molecule has 2 aliphatic carbocycles. The summed E-state index contributed by atoms with van der Waals surface area (Å²) < 4.78 is 0. The maximum Gasteiger partial charge on any atom is 0.318 e. The SMILES string of the molecule is O=C(NC1CCCCC1)N(Cc1nc2sc3c(c2c(=O)[nH]1)CCCC3)Cc1cccs1. The van der Waals surface area contributed by atoms with Crippen LogP contribution >= 0.6 is 22.7 Å². The van der Waals surface area contributed by atoms with Gasteiger partial charge in [0.05, 0.1) is 18.5 Å². The molecule has 0 aromatic carbocycles. The Balaban J connectivity index is 1.40. The fourth-order valence-corrected chi connectivity index (χ4v) is 6.77. The lowest BCUT2D eigenvalue weighted by molar-refractivity contribution is 0.183. The molecule has 3 aromatic rings. The molecule has 6 nitrogen and oxygen atoms in total. The summed E-state index contributed by atoms with van der Waals surface area (Å²) in [6, 6.07) is 4.21. The van der Waals surface area contributed by atoms with Crippen molar-refractivity contribution in [2.24, 2.45) is 0 Å². The van der Waals surface area contributed by atoms with Gasteiger partial charge in [-0.25, -0.2) is 9.78 Å². The third-order valence-electron chi connectivity index (χ3n) is 6.36. The topological polar surface area (TPSA) is 78.1 Å². The summed E-state index contributed by atoms with van der Waals surface area (Å²) in [4.78, 5) is 38.8. The number of aromatic nitrogens is 2. The molecular weight excluding hydrogens is 428 g/mol. The van der Waals surface area contributed by atoms with Crippen molar-refractivity contribution < 1.29 is 4.79 Å². The van der Waals surface area contributed by atoms with E-state index in [-0.39, 0.29) is 17.6 Å². The summed E-state index contributed by atoms with van der Waals surface area (Å²) in [5.41, 5.74) is 1.13. The molecule has 164 valence electrons. The van der Waals surface area contributed by atoms with Crippen molar-refractivity contribution in [3.8, 4) is 0 Å². The number of carbonyl (C=O) groups excluding carboxylic acids is 1. The molecule has 3 heterocycles. The smallest absolute Gasteiger partial charge is 0.318 e. The predicted octanol–water partition coefficient (Wildman–Crippen LogP) is 4.97. The van der Waals surface area contributed by atoms with E-state index in [1.165, 1.54) is 36.1 Å². The molecule has 0 spiro atoms. The molecule has 2 N–H and O–H groups in total. The zero-order valence-corrected chi connectivity index (χ0v) is 19.2. The van der Waals surface area contributed by atoms with Crippen LogP contribution < -0.4 is 10.9 Å². The molecule has 8 heteroatoms. The number of carbonyl (C=O) groups is 1. The highest BCUT2D eigenvalue weighted by molar-refractivity contribution is 7.18. The normalized spacial score (nSPS) is 16.9. The summed E-state index contributed by atoms with van der Waals surface area (Å²) in [5.74, 6) is 0.562. The Kier molecular flexibility index (Phi) is 6.09. The third-order valence-corrected chi connectivity index (χ3v) is 8.41. The van der Waals surface area contributed by atoms with E-state index in [0.29, 0.717) is 18.9 Å². The van der Waals surface area contributed by atoms with Gasteiger partial charge in [-0.15, -0.1) is 22.7 Å². The van der Waals surface area contributed by atoms with Crippen molar-refractivity contribution in [3.63, 3.8) is 0 Å². The van der Waals surface area contributed by atoms with Crippen LogP contribution in [0.15, 0.2) is 22.3 Å². The highest BCUT2D eigenvalue weighted by Crippen LogP contribution is 2.33. The van der Waals surface area contributed by atoms with Gasteiger partial charge in [-0.05, 0) is 55.5 Å². The molecule has 1 fully saturated rings. The third kappa shape index (κ3) is 4.55. The number of hydrogen-bond acceptors (Lipinski definition) is 5. The van der Waals surface area contributed by atoms with E-state index in [2.05, 4.69) is 10.3 Å². The van der Waals surface area contributed by atoms with Crippen molar-refractivity contribution in [1.82, 2.24) is 20.2 Å². The van der Waals surface area contributed by atoms with Gasteiger partial charge in [-0.1, -0.05) is 25.3 Å². The van der Waals surface area contributed by atoms with Gasteiger partial charge in [0.15, 0.2) is 0 Å². The van der Waals surface area contributed by atoms with E-state index in [4.69, 9.17) is 4.98 Å². The van der Waals surface area contributed by atoms with Crippen molar-refractivity contribution in [3.05, 3.63) is 49.0 Å². The van der Waals surface area contributed by atoms with E-state index >= 15 is 0 Å². The molecule has 0 atom stereocenters. The van der Waals surface area contributed by atoms with Crippen molar-refractivity contribution in [2.75, 3.05) is 0 Å². The van der Waals surface area contributed by atoms with Crippen LogP contribution in [0.1, 0.15) is 66.1 Å². The number of rotatable bonds is 5. The van der Waals surface area contributed by atoms with E-state index in [1.54, 1.807) is 27.6 Å². The molecule has 0 unspecified atom stereocenters. The maximum absolute atomic E-state index is 13.2. The number of hydrogen-bond donors (Lipinski definition) is 2. The molecule has 5 rings (SSSR count). The molecule has 0 bridgehead atoms. The number of H-pyrrole nitrogens is 1. The maximum atomic E-state index is 13.2. The highest BCUT2D eigenvalue weighted by atomic mass is 32.1. The lowest BCUT2D eigenvalue weighted by Crippen LogP contribution is -2.45. The van der Waals surface area contributed by atoms with Crippen LogP contribution in [-0.2, 0) is 25.9 Å². The van der Waals surface area contributed by atoms with Crippen LogP contribution in [0.5, 0.6) is 0 Å². The summed E-state index contributed by atoms with van der Waals surface area (Å²) in [5, 5.41) is 6.00. The van der Waals surface area contributed by atoms with Crippen molar-refractivity contribution in [1.29, 1.82) is 0 Å². The average Bonchev–Trinajstić information content (AvgIpc) is 3.41.